The number of hydrogen-bond donors (Lipinski definition) is 2. The summed E-state index contributed by atoms with van der Waals surface area (Å²) in [5, 5.41) is 2.43. The molecule has 0 aromatic rings. The number of carbonyl (C=O) groups excluding carboxylic acids is 2. The van der Waals surface area contributed by atoms with Gasteiger partial charge in [-0.3, -0.25) is 9.59 Å². The maximum atomic E-state index is 11.8. The lowest BCUT2D eigenvalue weighted by molar-refractivity contribution is -0.134. The number of nitrogens with one attached hydrogen (secondary N) is 1. The first-order chi connectivity index (χ1) is 7.75. The van der Waals surface area contributed by atoms with Crippen LogP contribution in [-0.4, -0.2) is 42.1 Å². The van der Waals surface area contributed by atoms with E-state index in [0.29, 0.717) is 12.5 Å². The molecule has 0 saturated heterocycles. The van der Waals surface area contributed by atoms with Crippen molar-refractivity contribution in [3.8, 4) is 0 Å². The summed E-state index contributed by atoms with van der Waals surface area (Å²) in [5.41, 5.74) is 0. The van der Waals surface area contributed by atoms with Crippen LogP contribution in [0.15, 0.2) is 0 Å². The van der Waals surface area contributed by atoms with Gasteiger partial charge >= 0.3 is 0 Å². The van der Waals surface area contributed by atoms with Crippen LogP contribution < -0.4 is 5.32 Å². The van der Waals surface area contributed by atoms with Crippen LogP contribution in [0.4, 0.5) is 0 Å². The monoisotopic (exact) mass is 260 g/mol. The zero-order valence-electron chi connectivity index (χ0n) is 11.4. The fourth-order valence-corrected chi connectivity index (χ4v) is 1.38. The standard InChI is InChI=1S/C12H24N2O2S/c1-8(2)6-13-10(15)7-14(5)12(16)11(17)9(3)4/h8-9,11,17H,6-7H2,1-5H3,(H,13,15). The molecular formula is C12H24N2O2S. The summed E-state index contributed by atoms with van der Waals surface area (Å²) in [6, 6.07) is 0. The highest BCUT2D eigenvalue weighted by Gasteiger charge is 2.22. The first-order valence-corrected chi connectivity index (χ1v) is 6.47. The van der Waals surface area contributed by atoms with Gasteiger partial charge in [-0.25, -0.2) is 0 Å². The summed E-state index contributed by atoms with van der Waals surface area (Å²) in [5.74, 6) is 0.335. The Kier molecular flexibility index (Phi) is 7.27. The Morgan fingerprint density at radius 1 is 1.24 bits per heavy atom. The van der Waals surface area contributed by atoms with Gasteiger partial charge in [-0.15, -0.1) is 0 Å². The second-order valence-electron chi connectivity index (χ2n) is 5.08. The van der Waals surface area contributed by atoms with Gasteiger partial charge < -0.3 is 10.2 Å². The molecule has 0 aromatic heterocycles. The summed E-state index contributed by atoms with van der Waals surface area (Å²) in [6.07, 6.45) is 0. The van der Waals surface area contributed by atoms with Crippen LogP contribution in [0.5, 0.6) is 0 Å². The highest BCUT2D eigenvalue weighted by atomic mass is 32.1. The lowest BCUT2D eigenvalue weighted by Gasteiger charge is -2.22. The van der Waals surface area contributed by atoms with E-state index in [0.717, 1.165) is 0 Å². The van der Waals surface area contributed by atoms with E-state index in [1.807, 2.05) is 27.7 Å². The summed E-state index contributed by atoms with van der Waals surface area (Å²) in [6.45, 7) is 8.64. The number of hydrogen-bond acceptors (Lipinski definition) is 3. The largest absolute Gasteiger partial charge is 0.354 e. The molecule has 1 N–H and O–H groups in total. The number of likely N-dealkylation sites (N-methyl/N-ethyl adjacent to an activating group) is 1. The molecule has 0 aromatic carbocycles. The van der Waals surface area contributed by atoms with Gasteiger partial charge in [0, 0.05) is 13.6 Å². The molecule has 5 heteroatoms. The van der Waals surface area contributed by atoms with Crippen LogP contribution in [0.2, 0.25) is 0 Å². The summed E-state index contributed by atoms with van der Waals surface area (Å²) >= 11 is 4.24. The van der Waals surface area contributed by atoms with E-state index in [4.69, 9.17) is 0 Å². The first-order valence-electron chi connectivity index (χ1n) is 5.95. The van der Waals surface area contributed by atoms with E-state index in [9.17, 15) is 9.59 Å². The van der Waals surface area contributed by atoms with Crippen molar-refractivity contribution in [2.45, 2.75) is 32.9 Å². The van der Waals surface area contributed by atoms with Gasteiger partial charge in [0.15, 0.2) is 0 Å². The van der Waals surface area contributed by atoms with E-state index in [1.165, 1.54) is 4.90 Å². The molecule has 100 valence electrons. The maximum absolute atomic E-state index is 11.8. The number of carbonyl (C=O) groups is 2. The van der Waals surface area contributed by atoms with Crippen LogP contribution in [0, 0.1) is 11.8 Å². The zero-order chi connectivity index (χ0) is 13.6. The van der Waals surface area contributed by atoms with Crippen LogP contribution in [0.1, 0.15) is 27.7 Å². The van der Waals surface area contributed by atoms with Crippen molar-refractivity contribution in [1.29, 1.82) is 0 Å². The average Bonchev–Trinajstić information content (AvgIpc) is 2.23. The molecule has 17 heavy (non-hydrogen) atoms. The molecule has 0 aliphatic carbocycles. The Labute approximate surface area is 110 Å². The smallest absolute Gasteiger partial charge is 0.239 e. The third-order valence-corrected chi connectivity index (χ3v) is 3.17. The summed E-state index contributed by atoms with van der Waals surface area (Å²) in [4.78, 5) is 24.8. The number of rotatable bonds is 6. The van der Waals surface area contributed by atoms with E-state index in [1.54, 1.807) is 7.05 Å². The molecule has 4 nitrogen and oxygen atoms in total. The van der Waals surface area contributed by atoms with Gasteiger partial charge in [0.2, 0.25) is 11.8 Å². The number of nitrogens with zero attached hydrogens (tertiary/aromatic N) is 1. The quantitative estimate of drug-likeness (QED) is 0.704. The van der Waals surface area contributed by atoms with E-state index in [2.05, 4.69) is 17.9 Å². The Hall–Kier alpha value is -0.710. The fourth-order valence-electron chi connectivity index (χ4n) is 1.18. The molecule has 1 atom stereocenters. The minimum atomic E-state index is -0.349. The molecule has 0 saturated carbocycles. The maximum Gasteiger partial charge on any atom is 0.239 e. The van der Waals surface area contributed by atoms with Gasteiger partial charge in [-0.05, 0) is 11.8 Å². The van der Waals surface area contributed by atoms with Gasteiger partial charge in [-0.2, -0.15) is 12.6 Å². The average molecular weight is 260 g/mol. The minimum Gasteiger partial charge on any atom is -0.354 e. The third-order valence-electron chi connectivity index (χ3n) is 2.35. The Balaban J connectivity index is 4.12. The first kappa shape index (κ1) is 16.3. The van der Waals surface area contributed by atoms with Crippen molar-refractivity contribution in [3.63, 3.8) is 0 Å². The highest BCUT2D eigenvalue weighted by Crippen LogP contribution is 2.11. The predicted molar refractivity (Wildman–Crippen MR) is 73.1 cm³/mol. The van der Waals surface area contributed by atoms with Gasteiger partial charge in [0.25, 0.3) is 0 Å². The Bertz CT molecular complexity index is 267. The van der Waals surface area contributed by atoms with Gasteiger partial charge in [-0.1, -0.05) is 27.7 Å². The zero-order valence-corrected chi connectivity index (χ0v) is 12.3. The lowest BCUT2D eigenvalue weighted by atomic mass is 10.1. The van der Waals surface area contributed by atoms with Crippen LogP contribution in [0.3, 0.4) is 0 Å². The van der Waals surface area contributed by atoms with E-state index >= 15 is 0 Å². The molecule has 0 bridgehead atoms. The third kappa shape index (κ3) is 6.56. The molecule has 0 aliphatic rings. The molecular weight excluding hydrogens is 236 g/mol. The van der Waals surface area contributed by atoms with E-state index < -0.39 is 0 Å². The van der Waals surface area contributed by atoms with Crippen molar-refractivity contribution in [2.24, 2.45) is 11.8 Å². The fraction of sp³-hybridized carbons (Fsp3) is 0.833. The molecule has 0 rings (SSSR count). The summed E-state index contributed by atoms with van der Waals surface area (Å²) < 4.78 is 0. The number of thiol groups is 1. The molecule has 0 spiro atoms. The summed E-state index contributed by atoms with van der Waals surface area (Å²) in [7, 11) is 1.63. The van der Waals surface area contributed by atoms with Crippen molar-refractivity contribution in [1.82, 2.24) is 10.2 Å². The van der Waals surface area contributed by atoms with Crippen molar-refractivity contribution in [3.05, 3.63) is 0 Å². The highest BCUT2D eigenvalue weighted by molar-refractivity contribution is 7.81. The predicted octanol–water partition coefficient (Wildman–Crippen LogP) is 1.17. The van der Waals surface area contributed by atoms with Gasteiger partial charge in [0.1, 0.15) is 0 Å². The molecule has 0 heterocycles. The van der Waals surface area contributed by atoms with Gasteiger partial charge in [0.05, 0.1) is 11.8 Å². The molecule has 0 radical (unpaired) electrons. The van der Waals surface area contributed by atoms with Crippen LogP contribution >= 0.6 is 12.6 Å². The second kappa shape index (κ2) is 7.58. The van der Waals surface area contributed by atoms with Crippen molar-refractivity contribution < 1.29 is 9.59 Å². The Morgan fingerprint density at radius 2 is 1.76 bits per heavy atom. The molecule has 0 aliphatic heterocycles. The minimum absolute atomic E-state index is 0.0926. The van der Waals surface area contributed by atoms with Crippen LogP contribution in [-0.2, 0) is 9.59 Å². The van der Waals surface area contributed by atoms with Crippen LogP contribution in [0.25, 0.3) is 0 Å². The van der Waals surface area contributed by atoms with Crippen molar-refractivity contribution in [2.75, 3.05) is 20.1 Å². The molecule has 1 unspecified atom stereocenters. The number of amides is 2. The van der Waals surface area contributed by atoms with E-state index in [-0.39, 0.29) is 29.5 Å². The lowest BCUT2D eigenvalue weighted by Crippen LogP contribution is -2.43. The topological polar surface area (TPSA) is 49.4 Å². The Morgan fingerprint density at radius 3 is 2.18 bits per heavy atom. The molecule has 2 amide bonds. The second-order valence-corrected chi connectivity index (χ2v) is 5.64. The molecule has 0 fully saturated rings. The SMILES string of the molecule is CC(C)CNC(=O)CN(C)C(=O)C(S)C(C)C. The normalized spacial score (nSPS) is 12.7. The van der Waals surface area contributed by atoms with Crippen molar-refractivity contribution >= 4 is 24.4 Å².